The van der Waals surface area contributed by atoms with Gasteiger partial charge in [0.05, 0.1) is 6.67 Å². The molecule has 0 aliphatic heterocycles. The highest BCUT2D eigenvalue weighted by molar-refractivity contribution is 5.56. The van der Waals surface area contributed by atoms with Gasteiger partial charge < -0.3 is 0 Å². The first-order chi connectivity index (χ1) is 3.77. The Bertz CT molecular complexity index is 66.9. The van der Waals surface area contributed by atoms with Crippen molar-refractivity contribution in [2.75, 3.05) is 20.8 Å². The minimum atomic E-state index is 0.813. The molecule has 8 heavy (non-hydrogen) atoms. The van der Waals surface area contributed by atoms with Crippen LogP contribution in [0.25, 0.3) is 0 Å². The fourth-order valence-corrected chi connectivity index (χ4v) is 0.350. The van der Waals surface area contributed by atoms with E-state index in [1.54, 1.807) is 0 Å². The van der Waals surface area contributed by atoms with Crippen molar-refractivity contribution in [3.8, 4) is 0 Å². The van der Waals surface area contributed by atoms with Crippen LogP contribution in [0, 0.1) is 0 Å². The molecule has 0 aliphatic carbocycles. The van der Waals surface area contributed by atoms with Gasteiger partial charge >= 0.3 is 0 Å². The second-order valence-electron chi connectivity index (χ2n) is 1.99. The van der Waals surface area contributed by atoms with Gasteiger partial charge in [0.15, 0.2) is 0 Å². The molecule has 0 spiro atoms. The fourth-order valence-electron chi connectivity index (χ4n) is 0.350. The predicted molar refractivity (Wildman–Crippen MR) is 37.3 cm³/mol. The van der Waals surface area contributed by atoms with Crippen molar-refractivity contribution in [1.82, 2.24) is 4.90 Å². The standard InChI is InChI=1S/C6H14N2/c1-4-5-7-6-8(2)3/h5H,4,6H2,1-3H3. The molecule has 0 saturated heterocycles. The number of hydrogen-bond donors (Lipinski definition) is 0. The molecule has 0 atom stereocenters. The van der Waals surface area contributed by atoms with Gasteiger partial charge in [-0.05, 0) is 20.5 Å². The lowest BCUT2D eigenvalue weighted by atomic mass is 10.5. The maximum absolute atomic E-state index is 4.09. The summed E-state index contributed by atoms with van der Waals surface area (Å²) in [7, 11) is 4.01. The highest BCUT2D eigenvalue weighted by atomic mass is 15.1. The minimum Gasteiger partial charge on any atom is -0.291 e. The molecular weight excluding hydrogens is 100 g/mol. The van der Waals surface area contributed by atoms with E-state index in [9.17, 15) is 0 Å². The summed E-state index contributed by atoms with van der Waals surface area (Å²) in [4.78, 5) is 6.12. The minimum absolute atomic E-state index is 0.813. The van der Waals surface area contributed by atoms with Crippen LogP contribution in [0.3, 0.4) is 0 Å². The molecule has 0 unspecified atom stereocenters. The lowest BCUT2D eigenvalue weighted by Gasteiger charge is -2.02. The van der Waals surface area contributed by atoms with Crippen LogP contribution in [0.5, 0.6) is 0 Å². The predicted octanol–water partition coefficient (Wildman–Crippen LogP) is 0.986. The molecular formula is C6H14N2. The Morgan fingerprint density at radius 3 is 2.50 bits per heavy atom. The normalized spacial score (nSPS) is 11.5. The SMILES string of the molecule is CCC=NCN(C)C. The molecule has 0 aliphatic rings. The lowest BCUT2D eigenvalue weighted by molar-refractivity contribution is 0.425. The van der Waals surface area contributed by atoms with E-state index in [4.69, 9.17) is 0 Å². The molecule has 0 aromatic heterocycles. The fraction of sp³-hybridized carbons (Fsp3) is 0.833. The molecule has 2 heteroatoms. The van der Waals surface area contributed by atoms with E-state index in [2.05, 4.69) is 11.9 Å². The van der Waals surface area contributed by atoms with Gasteiger partial charge in [0.2, 0.25) is 0 Å². The summed E-state index contributed by atoms with van der Waals surface area (Å²) < 4.78 is 0. The van der Waals surface area contributed by atoms with Gasteiger partial charge in [-0.1, -0.05) is 6.92 Å². The third-order valence-corrected chi connectivity index (χ3v) is 0.676. The summed E-state index contributed by atoms with van der Waals surface area (Å²) in [6.07, 6.45) is 2.97. The highest BCUT2D eigenvalue weighted by Crippen LogP contribution is 1.74. The van der Waals surface area contributed by atoms with Crippen LogP contribution in [0.2, 0.25) is 0 Å². The summed E-state index contributed by atoms with van der Waals surface area (Å²) >= 11 is 0. The second-order valence-corrected chi connectivity index (χ2v) is 1.99. The molecule has 0 N–H and O–H groups in total. The van der Waals surface area contributed by atoms with E-state index >= 15 is 0 Å². The average Bonchev–Trinajstić information content (AvgIpc) is 1.66. The summed E-state index contributed by atoms with van der Waals surface area (Å²) in [5.41, 5.74) is 0. The Kier molecular flexibility index (Phi) is 4.56. The maximum Gasteiger partial charge on any atom is 0.0900 e. The zero-order valence-corrected chi connectivity index (χ0v) is 5.89. The van der Waals surface area contributed by atoms with Crippen molar-refractivity contribution in [1.29, 1.82) is 0 Å². The molecule has 48 valence electrons. The van der Waals surface area contributed by atoms with Crippen LogP contribution in [-0.4, -0.2) is 31.9 Å². The van der Waals surface area contributed by atoms with Gasteiger partial charge in [0.25, 0.3) is 0 Å². The zero-order valence-electron chi connectivity index (χ0n) is 5.89. The molecule has 0 aromatic carbocycles. The van der Waals surface area contributed by atoms with Gasteiger partial charge in [-0.15, -0.1) is 0 Å². The first kappa shape index (κ1) is 7.63. The van der Waals surface area contributed by atoms with Gasteiger partial charge in [-0.2, -0.15) is 0 Å². The molecule has 0 bridgehead atoms. The van der Waals surface area contributed by atoms with Crippen LogP contribution < -0.4 is 0 Å². The molecule has 0 heterocycles. The first-order valence-corrected chi connectivity index (χ1v) is 2.90. The molecule has 0 fully saturated rings. The second kappa shape index (κ2) is 4.78. The van der Waals surface area contributed by atoms with Crippen LogP contribution in [-0.2, 0) is 0 Å². The number of nitrogens with zero attached hydrogens (tertiary/aromatic N) is 2. The van der Waals surface area contributed by atoms with Crippen molar-refractivity contribution in [2.45, 2.75) is 13.3 Å². The number of rotatable bonds is 3. The largest absolute Gasteiger partial charge is 0.291 e. The van der Waals surface area contributed by atoms with E-state index in [-0.39, 0.29) is 0 Å². The Morgan fingerprint density at radius 2 is 2.12 bits per heavy atom. The Hall–Kier alpha value is -0.370. The zero-order chi connectivity index (χ0) is 6.41. The maximum atomic E-state index is 4.09. The summed E-state index contributed by atoms with van der Waals surface area (Å²) in [5, 5.41) is 0. The van der Waals surface area contributed by atoms with Crippen molar-refractivity contribution >= 4 is 6.21 Å². The Labute approximate surface area is 51.2 Å². The summed E-state index contributed by atoms with van der Waals surface area (Å²) in [6, 6.07) is 0. The van der Waals surface area contributed by atoms with E-state index in [0.29, 0.717) is 0 Å². The first-order valence-electron chi connectivity index (χ1n) is 2.90. The van der Waals surface area contributed by atoms with Crippen molar-refractivity contribution in [3.63, 3.8) is 0 Å². The van der Waals surface area contributed by atoms with E-state index in [1.807, 2.05) is 25.2 Å². The summed E-state index contributed by atoms with van der Waals surface area (Å²) in [5.74, 6) is 0. The molecule has 0 aromatic rings. The quantitative estimate of drug-likeness (QED) is 0.499. The van der Waals surface area contributed by atoms with Crippen LogP contribution in [0.15, 0.2) is 4.99 Å². The van der Waals surface area contributed by atoms with Crippen LogP contribution >= 0.6 is 0 Å². The third kappa shape index (κ3) is 5.63. The smallest absolute Gasteiger partial charge is 0.0900 e. The van der Waals surface area contributed by atoms with Gasteiger partial charge in [0, 0.05) is 6.21 Å². The van der Waals surface area contributed by atoms with Crippen molar-refractivity contribution < 1.29 is 0 Å². The highest BCUT2D eigenvalue weighted by Gasteiger charge is 1.78. The monoisotopic (exact) mass is 114 g/mol. The van der Waals surface area contributed by atoms with Gasteiger partial charge in [-0.3, -0.25) is 9.89 Å². The molecule has 0 amide bonds. The van der Waals surface area contributed by atoms with Crippen LogP contribution in [0.4, 0.5) is 0 Å². The van der Waals surface area contributed by atoms with E-state index in [0.717, 1.165) is 13.1 Å². The molecule has 0 saturated carbocycles. The third-order valence-electron chi connectivity index (χ3n) is 0.676. The Balaban J connectivity index is 3.03. The topological polar surface area (TPSA) is 15.6 Å². The molecule has 0 rings (SSSR count). The van der Waals surface area contributed by atoms with Gasteiger partial charge in [-0.25, -0.2) is 0 Å². The van der Waals surface area contributed by atoms with E-state index in [1.165, 1.54) is 0 Å². The van der Waals surface area contributed by atoms with Crippen molar-refractivity contribution in [2.24, 2.45) is 4.99 Å². The number of aliphatic imine (C=N–C) groups is 1. The van der Waals surface area contributed by atoms with E-state index < -0.39 is 0 Å². The molecule has 0 radical (unpaired) electrons. The molecule has 2 nitrogen and oxygen atoms in total. The average molecular weight is 114 g/mol. The van der Waals surface area contributed by atoms with Gasteiger partial charge in [0.1, 0.15) is 0 Å². The lowest BCUT2D eigenvalue weighted by Crippen LogP contribution is -2.10. The summed E-state index contributed by atoms with van der Waals surface area (Å²) in [6.45, 7) is 2.90. The van der Waals surface area contributed by atoms with Crippen molar-refractivity contribution in [3.05, 3.63) is 0 Å². The number of hydrogen-bond acceptors (Lipinski definition) is 2. The van der Waals surface area contributed by atoms with Crippen LogP contribution in [0.1, 0.15) is 13.3 Å². The Morgan fingerprint density at radius 1 is 1.50 bits per heavy atom.